The standard InChI is InChI=1S/C18H22N6O2S/c1-4-15-23-24-16(25)9-14(22-18(24)27-15)10-19-12-6-5-7-13(8-12)21-17(26)20-11(2)3/h5-9,11,19H,4,10H2,1-3H3,(H2,20,21,26). The van der Waals surface area contributed by atoms with Crippen molar-refractivity contribution >= 4 is 33.7 Å². The molecule has 142 valence electrons. The number of benzene rings is 1. The molecule has 3 aromatic rings. The van der Waals surface area contributed by atoms with Crippen molar-refractivity contribution in [2.75, 3.05) is 10.6 Å². The number of hydrogen-bond acceptors (Lipinski definition) is 6. The molecule has 0 atom stereocenters. The minimum Gasteiger partial charge on any atom is -0.379 e. The number of nitrogens with zero attached hydrogens (tertiary/aromatic N) is 3. The normalized spacial score (nSPS) is 11.0. The smallest absolute Gasteiger partial charge is 0.319 e. The number of carbonyl (C=O) groups excluding carboxylic acids is 1. The van der Waals surface area contributed by atoms with E-state index < -0.39 is 0 Å². The summed E-state index contributed by atoms with van der Waals surface area (Å²) >= 11 is 1.42. The van der Waals surface area contributed by atoms with E-state index >= 15 is 0 Å². The fraction of sp³-hybridized carbons (Fsp3) is 0.333. The maximum Gasteiger partial charge on any atom is 0.319 e. The minimum atomic E-state index is -0.251. The van der Waals surface area contributed by atoms with E-state index in [0.29, 0.717) is 22.9 Å². The van der Waals surface area contributed by atoms with Crippen LogP contribution in [0.5, 0.6) is 0 Å². The van der Waals surface area contributed by atoms with Crippen LogP contribution in [0.15, 0.2) is 35.1 Å². The number of anilines is 2. The molecule has 0 saturated carbocycles. The highest BCUT2D eigenvalue weighted by molar-refractivity contribution is 7.16. The Morgan fingerprint density at radius 2 is 2.04 bits per heavy atom. The molecule has 0 bridgehead atoms. The number of aromatic nitrogens is 3. The van der Waals surface area contributed by atoms with E-state index in [4.69, 9.17) is 0 Å². The summed E-state index contributed by atoms with van der Waals surface area (Å²) in [5.74, 6) is 0. The fourth-order valence-corrected chi connectivity index (χ4v) is 3.32. The summed E-state index contributed by atoms with van der Waals surface area (Å²) in [6.45, 7) is 6.19. The van der Waals surface area contributed by atoms with E-state index in [0.717, 1.165) is 17.1 Å². The molecule has 8 nitrogen and oxygen atoms in total. The average Bonchev–Trinajstić information content (AvgIpc) is 3.03. The second-order valence-electron chi connectivity index (χ2n) is 6.32. The molecule has 2 amide bonds. The summed E-state index contributed by atoms with van der Waals surface area (Å²) < 4.78 is 1.34. The predicted molar refractivity (Wildman–Crippen MR) is 108 cm³/mol. The molecule has 0 spiro atoms. The maximum atomic E-state index is 12.2. The van der Waals surface area contributed by atoms with Gasteiger partial charge in [0.25, 0.3) is 5.56 Å². The Kier molecular flexibility index (Phi) is 5.70. The van der Waals surface area contributed by atoms with E-state index in [9.17, 15) is 9.59 Å². The van der Waals surface area contributed by atoms with E-state index in [1.165, 1.54) is 21.9 Å². The van der Waals surface area contributed by atoms with Crippen molar-refractivity contribution in [3.63, 3.8) is 0 Å². The highest BCUT2D eigenvalue weighted by atomic mass is 32.1. The lowest BCUT2D eigenvalue weighted by Crippen LogP contribution is -2.34. The van der Waals surface area contributed by atoms with Crippen molar-refractivity contribution in [1.82, 2.24) is 19.9 Å². The average molecular weight is 386 g/mol. The summed E-state index contributed by atoms with van der Waals surface area (Å²) in [5, 5.41) is 13.9. The van der Waals surface area contributed by atoms with Gasteiger partial charge >= 0.3 is 6.03 Å². The van der Waals surface area contributed by atoms with E-state index in [1.807, 2.05) is 45.0 Å². The van der Waals surface area contributed by atoms with Gasteiger partial charge in [0.15, 0.2) is 0 Å². The van der Waals surface area contributed by atoms with Gasteiger partial charge in [0, 0.05) is 23.5 Å². The van der Waals surface area contributed by atoms with Crippen molar-refractivity contribution in [2.45, 2.75) is 39.8 Å². The van der Waals surface area contributed by atoms with Gasteiger partial charge in [0.05, 0.1) is 12.2 Å². The topological polar surface area (TPSA) is 100 Å². The Morgan fingerprint density at radius 3 is 2.78 bits per heavy atom. The van der Waals surface area contributed by atoms with Crippen LogP contribution in [0.3, 0.4) is 0 Å². The van der Waals surface area contributed by atoms with Gasteiger partial charge < -0.3 is 16.0 Å². The van der Waals surface area contributed by atoms with Gasteiger partial charge in [-0.05, 0) is 38.5 Å². The number of carbonyl (C=O) groups is 1. The molecule has 0 aliphatic carbocycles. The van der Waals surface area contributed by atoms with Gasteiger partial charge in [0.1, 0.15) is 5.01 Å². The summed E-state index contributed by atoms with van der Waals surface area (Å²) in [4.78, 5) is 29.1. The lowest BCUT2D eigenvalue weighted by atomic mass is 10.2. The van der Waals surface area contributed by atoms with Crippen LogP contribution in [0, 0.1) is 0 Å². The molecule has 0 fully saturated rings. The zero-order valence-electron chi connectivity index (χ0n) is 15.4. The Bertz CT molecular complexity index is 1010. The number of rotatable bonds is 6. The monoisotopic (exact) mass is 386 g/mol. The summed E-state index contributed by atoms with van der Waals surface area (Å²) in [7, 11) is 0. The first-order valence-corrected chi connectivity index (χ1v) is 9.56. The van der Waals surface area contributed by atoms with Crippen LogP contribution in [0.25, 0.3) is 4.96 Å². The number of fused-ring (bicyclic) bond motifs is 1. The largest absolute Gasteiger partial charge is 0.379 e. The number of urea groups is 1. The van der Waals surface area contributed by atoms with E-state index in [1.54, 1.807) is 0 Å². The Hall–Kier alpha value is -2.94. The SMILES string of the molecule is CCc1nn2c(=O)cc(CNc3cccc(NC(=O)NC(C)C)c3)nc2s1. The minimum absolute atomic E-state index is 0.0615. The Balaban J connectivity index is 1.69. The molecule has 0 aliphatic rings. The van der Waals surface area contributed by atoms with Gasteiger partial charge in [-0.25, -0.2) is 9.78 Å². The van der Waals surface area contributed by atoms with Gasteiger partial charge in [-0.15, -0.1) is 0 Å². The summed E-state index contributed by atoms with van der Waals surface area (Å²) in [6, 6.07) is 8.66. The van der Waals surface area contributed by atoms with Crippen molar-refractivity contribution in [3.8, 4) is 0 Å². The predicted octanol–water partition coefficient (Wildman–Crippen LogP) is 2.86. The van der Waals surface area contributed by atoms with Crippen LogP contribution in [0.2, 0.25) is 0 Å². The highest BCUT2D eigenvalue weighted by Gasteiger charge is 2.08. The molecule has 2 heterocycles. The third kappa shape index (κ3) is 4.82. The van der Waals surface area contributed by atoms with Crippen LogP contribution in [-0.2, 0) is 13.0 Å². The first-order valence-electron chi connectivity index (χ1n) is 8.74. The molecular weight excluding hydrogens is 364 g/mol. The zero-order valence-corrected chi connectivity index (χ0v) is 16.3. The molecule has 1 aromatic carbocycles. The lowest BCUT2D eigenvalue weighted by Gasteiger charge is -2.12. The quantitative estimate of drug-likeness (QED) is 0.605. The van der Waals surface area contributed by atoms with E-state index in [2.05, 4.69) is 26.0 Å². The third-order valence-corrected chi connectivity index (χ3v) is 4.71. The second kappa shape index (κ2) is 8.17. The van der Waals surface area contributed by atoms with Crippen molar-refractivity contribution in [2.24, 2.45) is 0 Å². The maximum absolute atomic E-state index is 12.2. The Morgan fingerprint density at radius 1 is 1.26 bits per heavy atom. The molecule has 0 radical (unpaired) electrons. The highest BCUT2D eigenvalue weighted by Crippen LogP contribution is 2.16. The molecule has 0 aliphatic heterocycles. The summed E-state index contributed by atoms with van der Waals surface area (Å²) in [5.41, 5.74) is 1.95. The molecule has 0 unspecified atom stereocenters. The number of nitrogens with one attached hydrogen (secondary N) is 3. The molecule has 3 rings (SSSR count). The van der Waals surface area contributed by atoms with Gasteiger partial charge in [-0.1, -0.05) is 24.3 Å². The lowest BCUT2D eigenvalue weighted by molar-refractivity contribution is 0.250. The molecule has 2 aromatic heterocycles. The molecule has 27 heavy (non-hydrogen) atoms. The van der Waals surface area contributed by atoms with Crippen molar-refractivity contribution in [3.05, 3.63) is 51.4 Å². The van der Waals surface area contributed by atoms with Gasteiger partial charge in [0.2, 0.25) is 4.96 Å². The molecule has 0 saturated heterocycles. The van der Waals surface area contributed by atoms with Gasteiger partial charge in [-0.2, -0.15) is 9.61 Å². The van der Waals surface area contributed by atoms with E-state index in [-0.39, 0.29) is 17.6 Å². The van der Waals surface area contributed by atoms with Crippen molar-refractivity contribution in [1.29, 1.82) is 0 Å². The molecular formula is C18H22N6O2S. The van der Waals surface area contributed by atoms with Crippen LogP contribution in [0.1, 0.15) is 31.5 Å². The molecule has 9 heteroatoms. The van der Waals surface area contributed by atoms with Gasteiger partial charge in [-0.3, -0.25) is 4.79 Å². The molecule has 3 N–H and O–H groups in total. The fourth-order valence-electron chi connectivity index (χ4n) is 2.46. The van der Waals surface area contributed by atoms with Crippen LogP contribution in [0.4, 0.5) is 16.2 Å². The number of hydrogen-bond donors (Lipinski definition) is 3. The number of amides is 2. The summed E-state index contributed by atoms with van der Waals surface area (Å²) in [6.07, 6.45) is 0.769. The Labute approximate surface area is 160 Å². The zero-order chi connectivity index (χ0) is 19.4. The van der Waals surface area contributed by atoms with Crippen LogP contribution in [-0.4, -0.2) is 26.7 Å². The first kappa shape index (κ1) is 18.8. The second-order valence-corrected chi connectivity index (χ2v) is 7.36. The third-order valence-electron chi connectivity index (χ3n) is 3.66. The first-order chi connectivity index (χ1) is 12.9. The number of aryl methyl sites for hydroxylation is 1. The van der Waals surface area contributed by atoms with Crippen molar-refractivity contribution < 1.29 is 4.79 Å². The van der Waals surface area contributed by atoms with Crippen LogP contribution >= 0.6 is 11.3 Å². The van der Waals surface area contributed by atoms with Crippen LogP contribution < -0.4 is 21.5 Å².